The standard InChI is InChI=1S/C14H7F3N4/c1-8-2-4-9(5-3-8)12-13(14(15,16)17)21-11(7-19)10(6-18)20-12/h2-5H,1H3. The van der Waals surface area contributed by atoms with Gasteiger partial charge in [0.2, 0.25) is 0 Å². The third kappa shape index (κ3) is 2.82. The van der Waals surface area contributed by atoms with Gasteiger partial charge in [-0.1, -0.05) is 29.8 Å². The summed E-state index contributed by atoms with van der Waals surface area (Å²) in [5.41, 5.74) is -1.75. The van der Waals surface area contributed by atoms with Gasteiger partial charge in [-0.25, -0.2) is 9.97 Å². The molecule has 2 rings (SSSR count). The van der Waals surface area contributed by atoms with Gasteiger partial charge in [-0.2, -0.15) is 23.7 Å². The Hall–Kier alpha value is -2.93. The molecule has 1 aromatic carbocycles. The van der Waals surface area contributed by atoms with Crippen LogP contribution in [0.1, 0.15) is 22.6 Å². The fourth-order valence-corrected chi connectivity index (χ4v) is 1.70. The molecule has 1 heterocycles. The number of benzene rings is 1. The summed E-state index contributed by atoms with van der Waals surface area (Å²) < 4.78 is 39.2. The highest BCUT2D eigenvalue weighted by atomic mass is 19.4. The molecule has 104 valence electrons. The van der Waals surface area contributed by atoms with E-state index in [1.165, 1.54) is 18.2 Å². The fourth-order valence-electron chi connectivity index (χ4n) is 1.70. The summed E-state index contributed by atoms with van der Waals surface area (Å²) in [7, 11) is 0. The van der Waals surface area contributed by atoms with Gasteiger partial charge >= 0.3 is 6.18 Å². The van der Waals surface area contributed by atoms with Crippen molar-refractivity contribution >= 4 is 0 Å². The first kappa shape index (κ1) is 14.5. The number of hydrogen-bond acceptors (Lipinski definition) is 4. The van der Waals surface area contributed by atoms with Crippen molar-refractivity contribution in [1.29, 1.82) is 10.5 Å². The fraction of sp³-hybridized carbons (Fsp3) is 0.143. The highest BCUT2D eigenvalue weighted by Gasteiger charge is 2.38. The summed E-state index contributed by atoms with van der Waals surface area (Å²) >= 11 is 0. The minimum atomic E-state index is -4.77. The van der Waals surface area contributed by atoms with E-state index in [-0.39, 0.29) is 5.56 Å². The van der Waals surface area contributed by atoms with Gasteiger partial charge in [0.1, 0.15) is 17.8 Å². The maximum Gasteiger partial charge on any atom is 0.435 e. The molecule has 4 nitrogen and oxygen atoms in total. The Kier molecular flexibility index (Phi) is 3.60. The van der Waals surface area contributed by atoms with Gasteiger partial charge in [-0.3, -0.25) is 0 Å². The summed E-state index contributed by atoms with van der Waals surface area (Å²) in [6, 6.07) is 9.21. The van der Waals surface area contributed by atoms with Crippen molar-refractivity contribution in [2.45, 2.75) is 13.1 Å². The zero-order chi connectivity index (χ0) is 15.6. The molecule has 7 heteroatoms. The van der Waals surface area contributed by atoms with Gasteiger partial charge in [-0.05, 0) is 6.92 Å². The molecule has 0 amide bonds. The zero-order valence-corrected chi connectivity index (χ0v) is 10.7. The normalized spacial score (nSPS) is 10.8. The molecule has 0 spiro atoms. The van der Waals surface area contributed by atoms with E-state index in [0.29, 0.717) is 0 Å². The zero-order valence-electron chi connectivity index (χ0n) is 10.7. The number of nitrogens with zero attached hydrogens (tertiary/aromatic N) is 4. The lowest BCUT2D eigenvalue weighted by Gasteiger charge is -2.12. The van der Waals surface area contributed by atoms with E-state index in [1.54, 1.807) is 25.1 Å². The first-order valence-electron chi connectivity index (χ1n) is 5.73. The summed E-state index contributed by atoms with van der Waals surface area (Å²) in [6.45, 7) is 1.79. The van der Waals surface area contributed by atoms with Crippen LogP contribution in [-0.4, -0.2) is 9.97 Å². The molecule has 0 aliphatic heterocycles. The molecular formula is C14H7F3N4. The maximum absolute atomic E-state index is 13.1. The SMILES string of the molecule is Cc1ccc(-c2nc(C#N)c(C#N)nc2C(F)(F)F)cc1. The van der Waals surface area contributed by atoms with Gasteiger partial charge < -0.3 is 0 Å². The highest BCUT2D eigenvalue weighted by molar-refractivity contribution is 5.64. The van der Waals surface area contributed by atoms with E-state index in [0.717, 1.165) is 5.56 Å². The second-order valence-corrected chi connectivity index (χ2v) is 4.21. The van der Waals surface area contributed by atoms with Crippen molar-refractivity contribution in [1.82, 2.24) is 9.97 Å². The average molecular weight is 288 g/mol. The Bertz CT molecular complexity index is 765. The Morgan fingerprint density at radius 1 is 0.952 bits per heavy atom. The first-order valence-corrected chi connectivity index (χ1v) is 5.73. The molecular weight excluding hydrogens is 281 g/mol. The summed E-state index contributed by atoms with van der Waals surface area (Å²) in [4.78, 5) is 6.92. The molecule has 0 radical (unpaired) electrons. The van der Waals surface area contributed by atoms with Crippen molar-refractivity contribution < 1.29 is 13.2 Å². The van der Waals surface area contributed by atoms with E-state index in [4.69, 9.17) is 10.5 Å². The molecule has 0 saturated heterocycles. The Morgan fingerprint density at radius 2 is 1.48 bits per heavy atom. The monoisotopic (exact) mass is 288 g/mol. The summed E-state index contributed by atoms with van der Waals surface area (Å²) in [6.07, 6.45) is -4.77. The van der Waals surface area contributed by atoms with E-state index in [2.05, 4.69) is 9.97 Å². The number of nitriles is 2. The van der Waals surface area contributed by atoms with Crippen LogP contribution in [0.25, 0.3) is 11.3 Å². The molecule has 0 saturated carbocycles. The van der Waals surface area contributed by atoms with Crippen LogP contribution >= 0.6 is 0 Å². The lowest BCUT2D eigenvalue weighted by Crippen LogP contribution is -2.14. The predicted octanol–water partition coefficient (Wildman–Crippen LogP) is 3.21. The second kappa shape index (κ2) is 5.22. The van der Waals surface area contributed by atoms with E-state index in [9.17, 15) is 13.2 Å². The molecule has 0 aliphatic carbocycles. The van der Waals surface area contributed by atoms with E-state index >= 15 is 0 Å². The van der Waals surface area contributed by atoms with Crippen LogP contribution in [0, 0.1) is 29.6 Å². The first-order chi connectivity index (χ1) is 9.86. The third-order valence-corrected chi connectivity index (χ3v) is 2.70. The number of hydrogen-bond donors (Lipinski definition) is 0. The van der Waals surface area contributed by atoms with Crippen LogP contribution in [0.3, 0.4) is 0 Å². The average Bonchev–Trinajstić information content (AvgIpc) is 2.45. The van der Waals surface area contributed by atoms with Crippen LogP contribution in [0.5, 0.6) is 0 Å². The van der Waals surface area contributed by atoms with Crippen LogP contribution in [0.4, 0.5) is 13.2 Å². The van der Waals surface area contributed by atoms with Gasteiger partial charge in [0.25, 0.3) is 0 Å². The van der Waals surface area contributed by atoms with Crippen LogP contribution in [0.15, 0.2) is 24.3 Å². The molecule has 0 bridgehead atoms. The van der Waals surface area contributed by atoms with Gasteiger partial charge in [0, 0.05) is 5.56 Å². The largest absolute Gasteiger partial charge is 0.435 e. The smallest absolute Gasteiger partial charge is 0.232 e. The van der Waals surface area contributed by atoms with E-state index < -0.39 is 29.0 Å². The molecule has 0 N–H and O–H groups in total. The van der Waals surface area contributed by atoms with Crippen molar-refractivity contribution in [2.75, 3.05) is 0 Å². The van der Waals surface area contributed by atoms with Crippen LogP contribution in [-0.2, 0) is 6.18 Å². The van der Waals surface area contributed by atoms with Gasteiger partial charge in [0.05, 0.1) is 0 Å². The summed E-state index contributed by atoms with van der Waals surface area (Å²) in [5.74, 6) is 0. The summed E-state index contributed by atoms with van der Waals surface area (Å²) in [5, 5.41) is 17.6. The molecule has 0 fully saturated rings. The number of halogens is 3. The van der Waals surface area contributed by atoms with Crippen LogP contribution < -0.4 is 0 Å². The van der Waals surface area contributed by atoms with Crippen molar-refractivity contribution in [2.24, 2.45) is 0 Å². The number of rotatable bonds is 1. The molecule has 0 aliphatic rings. The minimum Gasteiger partial charge on any atom is -0.232 e. The molecule has 2 aromatic rings. The molecule has 0 atom stereocenters. The Labute approximate surface area is 118 Å². The lowest BCUT2D eigenvalue weighted by molar-refractivity contribution is -0.140. The van der Waals surface area contributed by atoms with Crippen molar-refractivity contribution in [3.8, 4) is 23.4 Å². The minimum absolute atomic E-state index is 0.182. The van der Waals surface area contributed by atoms with Crippen molar-refractivity contribution in [3.63, 3.8) is 0 Å². The van der Waals surface area contributed by atoms with Gasteiger partial charge in [-0.15, -0.1) is 0 Å². The predicted molar refractivity (Wildman–Crippen MR) is 66.6 cm³/mol. The van der Waals surface area contributed by atoms with E-state index in [1.807, 2.05) is 0 Å². The van der Waals surface area contributed by atoms with Gasteiger partial charge in [0.15, 0.2) is 17.1 Å². The quantitative estimate of drug-likeness (QED) is 0.807. The number of aryl methyl sites for hydroxylation is 1. The molecule has 1 aromatic heterocycles. The Morgan fingerprint density at radius 3 is 1.95 bits per heavy atom. The second-order valence-electron chi connectivity index (χ2n) is 4.21. The third-order valence-electron chi connectivity index (χ3n) is 2.70. The lowest BCUT2D eigenvalue weighted by atomic mass is 10.1. The number of alkyl halides is 3. The van der Waals surface area contributed by atoms with Crippen LogP contribution in [0.2, 0.25) is 0 Å². The molecule has 0 unspecified atom stereocenters. The maximum atomic E-state index is 13.1. The topological polar surface area (TPSA) is 73.4 Å². The molecule has 21 heavy (non-hydrogen) atoms. The Balaban J connectivity index is 2.78. The number of aromatic nitrogens is 2. The van der Waals surface area contributed by atoms with Crippen molar-refractivity contribution in [3.05, 3.63) is 46.9 Å². The highest BCUT2D eigenvalue weighted by Crippen LogP contribution is 2.35.